The molecule has 4 aromatic rings. The summed E-state index contributed by atoms with van der Waals surface area (Å²) >= 11 is 0. The lowest BCUT2D eigenvalue weighted by Gasteiger charge is -2.24. The first-order chi connectivity index (χ1) is 16.9. The second-order valence-electron chi connectivity index (χ2n) is 8.94. The van der Waals surface area contributed by atoms with Gasteiger partial charge < -0.3 is 9.47 Å². The number of likely N-dealkylation sites (tertiary alicyclic amines) is 1. The van der Waals surface area contributed by atoms with E-state index < -0.39 is 16.1 Å². The van der Waals surface area contributed by atoms with Gasteiger partial charge in [-0.25, -0.2) is 8.42 Å². The van der Waals surface area contributed by atoms with Crippen LogP contribution in [-0.2, 0) is 28.3 Å². The number of carbonyl (C=O) groups is 1. The van der Waals surface area contributed by atoms with Gasteiger partial charge in [0, 0.05) is 26.1 Å². The highest BCUT2D eigenvalue weighted by atomic mass is 32.2. The SMILES string of the molecule is Cn1cnnc1C1CCN(C(=O)[C@H](Cc2ccccc2)NS(=O)(=O)c2ccc3ccccc3c2)C1. The van der Waals surface area contributed by atoms with E-state index in [1.807, 2.05) is 66.2 Å². The van der Waals surface area contributed by atoms with Crippen molar-refractivity contribution in [2.24, 2.45) is 7.05 Å². The Morgan fingerprint density at radius 1 is 1.06 bits per heavy atom. The van der Waals surface area contributed by atoms with E-state index in [0.717, 1.165) is 28.6 Å². The van der Waals surface area contributed by atoms with E-state index in [0.29, 0.717) is 13.1 Å². The lowest BCUT2D eigenvalue weighted by molar-refractivity contribution is -0.131. The number of nitrogens with zero attached hydrogens (tertiary/aromatic N) is 4. The molecular weight excluding hydrogens is 462 g/mol. The summed E-state index contributed by atoms with van der Waals surface area (Å²) in [6.45, 7) is 1.02. The minimum Gasteiger partial charge on any atom is -0.341 e. The Morgan fingerprint density at radius 2 is 1.80 bits per heavy atom. The normalized spacial score (nSPS) is 17.1. The largest absolute Gasteiger partial charge is 0.341 e. The maximum absolute atomic E-state index is 13.6. The first-order valence-corrected chi connectivity index (χ1v) is 13.1. The molecule has 1 aromatic heterocycles. The minimum atomic E-state index is -3.93. The van der Waals surface area contributed by atoms with Crippen LogP contribution in [0.2, 0.25) is 0 Å². The van der Waals surface area contributed by atoms with Crippen molar-refractivity contribution in [1.82, 2.24) is 24.4 Å². The fourth-order valence-corrected chi connectivity index (χ4v) is 5.90. The fraction of sp³-hybridized carbons (Fsp3) is 0.269. The summed E-state index contributed by atoms with van der Waals surface area (Å²) in [4.78, 5) is 15.5. The number of nitrogens with one attached hydrogen (secondary N) is 1. The fourth-order valence-electron chi connectivity index (χ4n) is 4.67. The molecule has 0 aliphatic carbocycles. The molecule has 2 heterocycles. The molecule has 1 N–H and O–H groups in total. The Labute approximate surface area is 204 Å². The van der Waals surface area contributed by atoms with Crippen molar-refractivity contribution in [3.05, 3.63) is 90.5 Å². The zero-order valence-electron chi connectivity index (χ0n) is 19.4. The highest BCUT2D eigenvalue weighted by Gasteiger charge is 2.35. The van der Waals surface area contributed by atoms with E-state index in [9.17, 15) is 13.2 Å². The molecule has 5 rings (SSSR count). The number of sulfonamides is 1. The van der Waals surface area contributed by atoms with Crippen molar-refractivity contribution in [3.63, 3.8) is 0 Å². The molecule has 35 heavy (non-hydrogen) atoms. The van der Waals surface area contributed by atoms with Crippen LogP contribution in [0, 0.1) is 0 Å². The molecule has 1 saturated heterocycles. The van der Waals surface area contributed by atoms with E-state index >= 15 is 0 Å². The van der Waals surface area contributed by atoms with Crippen LogP contribution in [0.5, 0.6) is 0 Å². The van der Waals surface area contributed by atoms with Crippen LogP contribution >= 0.6 is 0 Å². The summed E-state index contributed by atoms with van der Waals surface area (Å²) < 4.78 is 31.3. The lowest BCUT2D eigenvalue weighted by Crippen LogP contribution is -2.49. The van der Waals surface area contributed by atoms with Crippen molar-refractivity contribution >= 4 is 26.7 Å². The molecule has 9 heteroatoms. The Bertz CT molecular complexity index is 1450. The van der Waals surface area contributed by atoms with Gasteiger partial charge in [-0.1, -0.05) is 60.7 Å². The number of rotatable bonds is 7. The maximum atomic E-state index is 13.6. The van der Waals surface area contributed by atoms with Gasteiger partial charge in [-0.3, -0.25) is 4.79 Å². The van der Waals surface area contributed by atoms with Crippen LogP contribution < -0.4 is 4.72 Å². The number of amides is 1. The number of hydrogen-bond acceptors (Lipinski definition) is 5. The van der Waals surface area contributed by atoms with E-state index in [-0.39, 0.29) is 23.1 Å². The van der Waals surface area contributed by atoms with Gasteiger partial charge in [0.05, 0.1) is 4.90 Å². The van der Waals surface area contributed by atoms with Crippen molar-refractivity contribution in [2.75, 3.05) is 13.1 Å². The molecule has 1 aliphatic heterocycles. The summed E-state index contributed by atoms with van der Waals surface area (Å²) in [5, 5.41) is 9.92. The van der Waals surface area contributed by atoms with Crippen LogP contribution in [0.1, 0.15) is 23.7 Å². The first kappa shape index (κ1) is 23.2. The average molecular weight is 490 g/mol. The maximum Gasteiger partial charge on any atom is 0.241 e. The second-order valence-corrected chi connectivity index (χ2v) is 10.7. The van der Waals surface area contributed by atoms with Gasteiger partial charge in [0.25, 0.3) is 0 Å². The van der Waals surface area contributed by atoms with E-state index in [1.165, 1.54) is 0 Å². The minimum absolute atomic E-state index is 0.0703. The van der Waals surface area contributed by atoms with Crippen LogP contribution in [0.3, 0.4) is 0 Å². The number of carbonyl (C=O) groups excluding carboxylic acids is 1. The molecule has 180 valence electrons. The van der Waals surface area contributed by atoms with Gasteiger partial charge in [-0.05, 0) is 41.3 Å². The monoisotopic (exact) mass is 489 g/mol. The standard InChI is InChI=1S/C26H27N5O3S/c1-30-18-27-28-25(30)22-13-14-31(17-22)26(32)24(15-19-7-3-2-4-8-19)29-35(33,34)23-12-11-20-9-5-6-10-21(20)16-23/h2-12,16,18,22,24,29H,13-15,17H2,1H3/t22?,24-/m0/s1. The first-order valence-electron chi connectivity index (χ1n) is 11.6. The second kappa shape index (κ2) is 9.59. The van der Waals surface area contributed by atoms with Gasteiger partial charge >= 0.3 is 0 Å². The number of aryl methyl sites for hydroxylation is 1. The number of aromatic nitrogens is 3. The van der Waals surface area contributed by atoms with E-state index in [1.54, 1.807) is 29.4 Å². The molecule has 1 fully saturated rings. The van der Waals surface area contributed by atoms with Crippen molar-refractivity contribution in [1.29, 1.82) is 0 Å². The van der Waals surface area contributed by atoms with Gasteiger partial charge in [0.2, 0.25) is 15.9 Å². The molecule has 1 aliphatic rings. The molecule has 1 amide bonds. The summed E-state index contributed by atoms with van der Waals surface area (Å²) in [5.74, 6) is 0.667. The summed E-state index contributed by atoms with van der Waals surface area (Å²) in [5.41, 5.74) is 0.885. The molecule has 8 nitrogen and oxygen atoms in total. The third-order valence-electron chi connectivity index (χ3n) is 6.52. The molecule has 2 atom stereocenters. The number of benzene rings is 3. The van der Waals surface area contributed by atoms with Crippen molar-refractivity contribution < 1.29 is 13.2 Å². The van der Waals surface area contributed by atoms with E-state index in [2.05, 4.69) is 14.9 Å². The van der Waals surface area contributed by atoms with Crippen LogP contribution in [0.25, 0.3) is 10.8 Å². The molecule has 0 bridgehead atoms. The topological polar surface area (TPSA) is 97.2 Å². The number of hydrogen-bond donors (Lipinski definition) is 1. The zero-order valence-corrected chi connectivity index (χ0v) is 20.2. The van der Waals surface area contributed by atoms with Crippen molar-refractivity contribution in [2.45, 2.75) is 29.7 Å². The third-order valence-corrected chi connectivity index (χ3v) is 7.99. The summed E-state index contributed by atoms with van der Waals surface area (Å²) in [6, 6.07) is 21.1. The number of fused-ring (bicyclic) bond motifs is 1. The molecule has 3 aromatic carbocycles. The quantitative estimate of drug-likeness (QED) is 0.431. The third kappa shape index (κ3) is 4.96. The predicted molar refractivity (Wildman–Crippen MR) is 133 cm³/mol. The molecule has 1 unspecified atom stereocenters. The smallest absolute Gasteiger partial charge is 0.241 e. The Balaban J connectivity index is 1.40. The van der Waals surface area contributed by atoms with Gasteiger partial charge in [0.15, 0.2) is 0 Å². The van der Waals surface area contributed by atoms with Gasteiger partial charge in [-0.15, -0.1) is 10.2 Å². The Kier molecular flexibility index (Phi) is 6.36. The van der Waals surface area contributed by atoms with Gasteiger partial charge in [-0.2, -0.15) is 4.72 Å². The highest BCUT2D eigenvalue weighted by Crippen LogP contribution is 2.26. The summed E-state index contributed by atoms with van der Waals surface area (Å²) in [7, 11) is -2.05. The molecule has 0 radical (unpaired) electrons. The van der Waals surface area contributed by atoms with Crippen LogP contribution in [0.4, 0.5) is 0 Å². The van der Waals surface area contributed by atoms with Crippen LogP contribution in [-0.4, -0.2) is 53.1 Å². The lowest BCUT2D eigenvalue weighted by atomic mass is 10.1. The van der Waals surface area contributed by atoms with E-state index in [4.69, 9.17) is 0 Å². The summed E-state index contributed by atoms with van der Waals surface area (Å²) in [6.07, 6.45) is 2.67. The van der Waals surface area contributed by atoms with Gasteiger partial charge in [0.1, 0.15) is 18.2 Å². The van der Waals surface area contributed by atoms with Crippen molar-refractivity contribution in [3.8, 4) is 0 Å². The molecular formula is C26H27N5O3S. The molecule has 0 spiro atoms. The molecule has 0 saturated carbocycles. The predicted octanol–water partition coefficient (Wildman–Crippen LogP) is 2.87. The Hall–Kier alpha value is -3.56. The highest BCUT2D eigenvalue weighted by molar-refractivity contribution is 7.89. The zero-order chi connectivity index (χ0) is 24.4. The average Bonchev–Trinajstić information content (AvgIpc) is 3.52. The van der Waals surface area contributed by atoms with Crippen LogP contribution in [0.15, 0.2) is 84.0 Å². The Morgan fingerprint density at radius 3 is 2.54 bits per heavy atom.